The fourth-order valence-corrected chi connectivity index (χ4v) is 1.89. The Hall–Kier alpha value is -2.62. The Morgan fingerprint density at radius 1 is 1.17 bits per heavy atom. The molecule has 0 saturated heterocycles. The second kappa shape index (κ2) is 4.00. The van der Waals surface area contributed by atoms with Crippen molar-refractivity contribution < 1.29 is 14.3 Å². The summed E-state index contributed by atoms with van der Waals surface area (Å²) in [6.45, 7) is 0. The monoisotopic (exact) mass is 238 g/mol. The second-order valence-corrected chi connectivity index (χ2v) is 3.84. The van der Waals surface area contributed by atoms with Crippen LogP contribution < -0.4 is 5.11 Å². The molecule has 0 atom stereocenters. The molecule has 0 aliphatic heterocycles. The highest BCUT2D eigenvalue weighted by atomic mass is 16.4. The van der Waals surface area contributed by atoms with Gasteiger partial charge < -0.3 is 14.3 Å². The zero-order valence-electron chi connectivity index (χ0n) is 9.29. The number of carboxylic acid groups (broad SMARTS) is 1. The number of fused-ring (bicyclic) bond motifs is 1. The number of carboxylic acids is 1. The molecule has 18 heavy (non-hydrogen) atoms. The summed E-state index contributed by atoms with van der Waals surface area (Å²) in [5.41, 5.74) is 1.20. The molecule has 0 N–H and O–H groups in total. The van der Waals surface area contributed by atoms with Gasteiger partial charge in [0.25, 0.3) is 0 Å². The van der Waals surface area contributed by atoms with Crippen LogP contribution in [0.3, 0.4) is 0 Å². The molecule has 88 valence electrons. The molecule has 0 aliphatic rings. The van der Waals surface area contributed by atoms with Crippen LogP contribution in [0.5, 0.6) is 0 Å². The van der Waals surface area contributed by atoms with Gasteiger partial charge in [0.15, 0.2) is 5.76 Å². The molecule has 0 unspecified atom stereocenters. The van der Waals surface area contributed by atoms with Gasteiger partial charge in [-0.05, 0) is 24.3 Å². The van der Waals surface area contributed by atoms with Crippen molar-refractivity contribution in [1.29, 1.82) is 0 Å². The molecule has 4 nitrogen and oxygen atoms in total. The molecule has 1 aromatic carbocycles. The Morgan fingerprint density at radius 2 is 2.00 bits per heavy atom. The molecular formula is C14H8NO3-. The predicted molar refractivity (Wildman–Crippen MR) is 63.8 cm³/mol. The number of carbonyl (C=O) groups excluding carboxylic acids is 1. The molecule has 3 aromatic rings. The molecule has 0 saturated carbocycles. The standard InChI is InChI=1S/C14H9NO3/c16-14(17)10-8-12(13-6-3-7-18-13)15-11-5-2-1-4-9(10)11/h1-8H,(H,16,17)/p-1. The van der Waals surface area contributed by atoms with E-state index in [2.05, 4.69) is 4.98 Å². The van der Waals surface area contributed by atoms with E-state index >= 15 is 0 Å². The van der Waals surface area contributed by atoms with Gasteiger partial charge >= 0.3 is 0 Å². The van der Waals surface area contributed by atoms with E-state index in [1.807, 2.05) is 0 Å². The quantitative estimate of drug-likeness (QED) is 0.683. The highest BCUT2D eigenvalue weighted by Gasteiger charge is 2.09. The molecule has 0 bridgehead atoms. The van der Waals surface area contributed by atoms with Crippen LogP contribution in [-0.4, -0.2) is 11.0 Å². The Kier molecular flexibility index (Phi) is 2.34. The van der Waals surface area contributed by atoms with E-state index in [-0.39, 0.29) is 5.56 Å². The van der Waals surface area contributed by atoms with Crippen molar-refractivity contribution in [2.24, 2.45) is 0 Å². The summed E-state index contributed by atoms with van der Waals surface area (Å²) in [6.07, 6.45) is 1.52. The lowest BCUT2D eigenvalue weighted by Gasteiger charge is -2.08. The lowest BCUT2D eigenvalue weighted by Crippen LogP contribution is -2.22. The number of benzene rings is 1. The molecule has 0 fully saturated rings. The number of para-hydroxylation sites is 1. The van der Waals surface area contributed by atoms with Crippen LogP contribution in [0.2, 0.25) is 0 Å². The van der Waals surface area contributed by atoms with E-state index < -0.39 is 5.97 Å². The van der Waals surface area contributed by atoms with Crippen LogP contribution in [0.25, 0.3) is 22.4 Å². The first-order valence-electron chi connectivity index (χ1n) is 5.41. The van der Waals surface area contributed by atoms with Gasteiger partial charge in [0, 0.05) is 10.9 Å². The summed E-state index contributed by atoms with van der Waals surface area (Å²) >= 11 is 0. The van der Waals surface area contributed by atoms with Crippen molar-refractivity contribution in [3.63, 3.8) is 0 Å². The number of hydrogen-bond donors (Lipinski definition) is 0. The van der Waals surface area contributed by atoms with Crippen LogP contribution in [0.15, 0.2) is 53.1 Å². The minimum atomic E-state index is -1.22. The maximum atomic E-state index is 11.2. The fraction of sp³-hybridized carbons (Fsp3) is 0. The molecule has 0 amide bonds. The minimum absolute atomic E-state index is 0.118. The average molecular weight is 238 g/mol. The average Bonchev–Trinajstić information content (AvgIpc) is 2.91. The van der Waals surface area contributed by atoms with Crippen molar-refractivity contribution in [3.8, 4) is 11.5 Å². The first-order chi connectivity index (χ1) is 8.75. The van der Waals surface area contributed by atoms with Crippen LogP contribution >= 0.6 is 0 Å². The van der Waals surface area contributed by atoms with E-state index in [1.54, 1.807) is 36.4 Å². The summed E-state index contributed by atoms with van der Waals surface area (Å²) < 4.78 is 5.23. The number of nitrogens with zero attached hydrogens (tertiary/aromatic N) is 1. The zero-order chi connectivity index (χ0) is 12.5. The Balaban J connectivity index is 2.33. The Labute approximate surface area is 103 Å². The summed E-state index contributed by atoms with van der Waals surface area (Å²) in [6, 6.07) is 12.0. The summed E-state index contributed by atoms with van der Waals surface area (Å²) in [4.78, 5) is 15.5. The third-order valence-electron chi connectivity index (χ3n) is 2.71. The Morgan fingerprint density at radius 3 is 2.72 bits per heavy atom. The fourth-order valence-electron chi connectivity index (χ4n) is 1.89. The number of aromatic nitrogens is 1. The second-order valence-electron chi connectivity index (χ2n) is 3.84. The molecule has 0 radical (unpaired) electrons. The van der Waals surface area contributed by atoms with Gasteiger partial charge in [0.2, 0.25) is 0 Å². The predicted octanol–water partition coefficient (Wildman–Crippen LogP) is 1.86. The van der Waals surface area contributed by atoms with E-state index in [0.717, 1.165) is 0 Å². The van der Waals surface area contributed by atoms with Gasteiger partial charge in [-0.1, -0.05) is 18.2 Å². The maximum absolute atomic E-state index is 11.2. The van der Waals surface area contributed by atoms with Gasteiger partial charge in [0.1, 0.15) is 5.69 Å². The van der Waals surface area contributed by atoms with Crippen molar-refractivity contribution in [3.05, 3.63) is 54.3 Å². The summed E-state index contributed by atoms with van der Waals surface area (Å²) in [7, 11) is 0. The SMILES string of the molecule is O=C([O-])c1cc(-c2ccco2)nc2ccccc12. The summed E-state index contributed by atoms with van der Waals surface area (Å²) in [5.74, 6) is -0.690. The topological polar surface area (TPSA) is 66.2 Å². The van der Waals surface area contributed by atoms with Gasteiger partial charge in [-0.15, -0.1) is 0 Å². The number of aromatic carboxylic acids is 1. The van der Waals surface area contributed by atoms with Crippen LogP contribution in [-0.2, 0) is 0 Å². The Bertz CT molecular complexity index is 717. The van der Waals surface area contributed by atoms with E-state index in [1.165, 1.54) is 12.3 Å². The van der Waals surface area contributed by atoms with Crippen molar-refractivity contribution in [2.75, 3.05) is 0 Å². The number of hydrogen-bond acceptors (Lipinski definition) is 4. The van der Waals surface area contributed by atoms with Crippen LogP contribution in [0.1, 0.15) is 10.4 Å². The zero-order valence-corrected chi connectivity index (χ0v) is 9.29. The first-order valence-corrected chi connectivity index (χ1v) is 5.41. The van der Waals surface area contributed by atoms with E-state index in [4.69, 9.17) is 4.42 Å². The van der Waals surface area contributed by atoms with Crippen LogP contribution in [0, 0.1) is 0 Å². The molecule has 4 heteroatoms. The minimum Gasteiger partial charge on any atom is -0.545 e. The van der Waals surface area contributed by atoms with Gasteiger partial charge in [-0.25, -0.2) is 4.98 Å². The lowest BCUT2D eigenvalue weighted by molar-refractivity contribution is -0.254. The third-order valence-corrected chi connectivity index (χ3v) is 2.71. The van der Waals surface area contributed by atoms with Crippen molar-refractivity contribution >= 4 is 16.9 Å². The highest BCUT2D eigenvalue weighted by Crippen LogP contribution is 2.24. The van der Waals surface area contributed by atoms with E-state index in [0.29, 0.717) is 22.4 Å². The maximum Gasteiger partial charge on any atom is 0.152 e. The smallest absolute Gasteiger partial charge is 0.152 e. The molecule has 2 aromatic heterocycles. The molecule has 0 aliphatic carbocycles. The third kappa shape index (κ3) is 1.64. The number of furan rings is 1. The normalized spacial score (nSPS) is 10.7. The number of rotatable bonds is 2. The highest BCUT2D eigenvalue weighted by molar-refractivity contribution is 6.02. The molecule has 3 rings (SSSR count). The van der Waals surface area contributed by atoms with Crippen molar-refractivity contribution in [2.45, 2.75) is 0 Å². The first kappa shape index (κ1) is 10.5. The van der Waals surface area contributed by atoms with Crippen molar-refractivity contribution in [1.82, 2.24) is 4.98 Å². The molecule has 2 heterocycles. The van der Waals surface area contributed by atoms with Gasteiger partial charge in [-0.2, -0.15) is 0 Å². The van der Waals surface area contributed by atoms with Crippen LogP contribution in [0.4, 0.5) is 0 Å². The summed E-state index contributed by atoms with van der Waals surface area (Å²) in [5, 5.41) is 11.7. The lowest BCUT2D eigenvalue weighted by atomic mass is 10.1. The largest absolute Gasteiger partial charge is 0.545 e. The molecular weight excluding hydrogens is 230 g/mol. The van der Waals surface area contributed by atoms with E-state index in [9.17, 15) is 9.90 Å². The van der Waals surface area contributed by atoms with Gasteiger partial charge in [0.05, 0.1) is 17.7 Å². The molecule has 0 spiro atoms. The van der Waals surface area contributed by atoms with Gasteiger partial charge in [-0.3, -0.25) is 0 Å². The number of carbonyl (C=O) groups is 1. The number of pyridine rings is 1.